The molecule has 1 aromatic carbocycles. The molecule has 19 heavy (non-hydrogen) atoms. The first-order chi connectivity index (χ1) is 9.21. The van der Waals surface area contributed by atoms with Crippen LogP contribution in [0.3, 0.4) is 0 Å². The molecule has 0 bridgehead atoms. The number of benzene rings is 1. The number of methoxy groups -OCH3 is 1. The highest BCUT2D eigenvalue weighted by Crippen LogP contribution is 2.17. The lowest BCUT2D eigenvalue weighted by atomic mass is 10.1. The molecular weight excluding hydrogens is 245 g/mol. The van der Waals surface area contributed by atoms with Crippen LogP contribution in [0.5, 0.6) is 5.75 Å². The highest BCUT2D eigenvalue weighted by atomic mass is 19.1. The zero-order chi connectivity index (χ0) is 14.1. The first-order valence-electron chi connectivity index (χ1n) is 6.55. The van der Waals surface area contributed by atoms with Gasteiger partial charge in [-0.1, -0.05) is 6.07 Å². The van der Waals surface area contributed by atoms with Crippen molar-refractivity contribution in [1.29, 1.82) is 0 Å². The van der Waals surface area contributed by atoms with Crippen LogP contribution < -0.4 is 15.4 Å². The maximum absolute atomic E-state index is 13.5. The number of rotatable bonds is 6. The van der Waals surface area contributed by atoms with Crippen molar-refractivity contribution in [3.05, 3.63) is 29.6 Å². The Balaban J connectivity index is 2.55. The molecule has 106 valence electrons. The normalized spacial score (nSPS) is 9.89. The molecule has 0 spiro atoms. The molecule has 0 radical (unpaired) electrons. The summed E-state index contributed by atoms with van der Waals surface area (Å²) in [6.07, 6.45) is 0.696. The van der Waals surface area contributed by atoms with Crippen LogP contribution in [0.15, 0.2) is 23.2 Å². The zero-order valence-corrected chi connectivity index (χ0v) is 11.8. The Morgan fingerprint density at radius 2 is 1.95 bits per heavy atom. The molecule has 0 saturated heterocycles. The van der Waals surface area contributed by atoms with E-state index in [1.807, 2.05) is 19.9 Å². The van der Waals surface area contributed by atoms with Gasteiger partial charge in [0.05, 0.1) is 7.11 Å². The molecule has 0 aliphatic heterocycles. The van der Waals surface area contributed by atoms with Crippen LogP contribution in [0.4, 0.5) is 4.39 Å². The number of hydrogen-bond donors (Lipinski definition) is 2. The topological polar surface area (TPSA) is 45.7 Å². The molecule has 2 N–H and O–H groups in total. The van der Waals surface area contributed by atoms with Gasteiger partial charge in [0.2, 0.25) is 0 Å². The summed E-state index contributed by atoms with van der Waals surface area (Å²) in [4.78, 5) is 4.41. The van der Waals surface area contributed by atoms with E-state index in [2.05, 4.69) is 15.6 Å². The van der Waals surface area contributed by atoms with Gasteiger partial charge in [-0.05, 0) is 38.0 Å². The molecule has 0 unspecified atom stereocenters. The molecule has 1 aromatic rings. The minimum atomic E-state index is -0.331. The largest absolute Gasteiger partial charge is 0.494 e. The molecule has 0 aromatic heterocycles. The summed E-state index contributed by atoms with van der Waals surface area (Å²) in [5, 5.41) is 6.29. The van der Waals surface area contributed by atoms with Crippen LogP contribution in [0.1, 0.15) is 19.4 Å². The SMILES string of the molecule is CCNC(=NCCc1ccc(OC)c(F)c1)NCC. The van der Waals surface area contributed by atoms with Gasteiger partial charge in [-0.25, -0.2) is 4.39 Å². The number of halogens is 1. The summed E-state index contributed by atoms with van der Waals surface area (Å²) in [6, 6.07) is 5.00. The van der Waals surface area contributed by atoms with E-state index in [0.717, 1.165) is 24.6 Å². The summed E-state index contributed by atoms with van der Waals surface area (Å²) in [7, 11) is 1.46. The Bertz CT molecular complexity index is 413. The molecule has 0 fully saturated rings. The van der Waals surface area contributed by atoms with E-state index in [1.54, 1.807) is 6.07 Å². The third-order valence-electron chi connectivity index (χ3n) is 2.58. The lowest BCUT2D eigenvalue weighted by Crippen LogP contribution is -2.37. The first-order valence-corrected chi connectivity index (χ1v) is 6.55. The number of nitrogens with one attached hydrogen (secondary N) is 2. The van der Waals surface area contributed by atoms with E-state index in [0.29, 0.717) is 13.0 Å². The lowest BCUT2D eigenvalue weighted by Gasteiger charge is -2.09. The second-order valence-corrected chi connectivity index (χ2v) is 4.01. The Kier molecular flexibility index (Phi) is 6.71. The van der Waals surface area contributed by atoms with E-state index in [-0.39, 0.29) is 11.6 Å². The molecule has 0 amide bonds. The summed E-state index contributed by atoms with van der Waals surface area (Å²) in [5.74, 6) is 0.731. The van der Waals surface area contributed by atoms with E-state index in [4.69, 9.17) is 4.74 Å². The number of hydrogen-bond acceptors (Lipinski definition) is 2. The fourth-order valence-corrected chi connectivity index (χ4v) is 1.67. The Morgan fingerprint density at radius 3 is 2.47 bits per heavy atom. The van der Waals surface area contributed by atoms with Crippen molar-refractivity contribution in [3.8, 4) is 5.75 Å². The maximum Gasteiger partial charge on any atom is 0.191 e. The second-order valence-electron chi connectivity index (χ2n) is 4.01. The molecule has 0 aliphatic carbocycles. The van der Waals surface area contributed by atoms with Gasteiger partial charge in [-0.3, -0.25) is 4.99 Å². The molecule has 0 heterocycles. The monoisotopic (exact) mass is 267 g/mol. The number of guanidine groups is 1. The van der Waals surface area contributed by atoms with E-state index in [9.17, 15) is 4.39 Å². The lowest BCUT2D eigenvalue weighted by molar-refractivity contribution is 0.386. The maximum atomic E-state index is 13.5. The minimum Gasteiger partial charge on any atom is -0.494 e. The first kappa shape index (κ1) is 15.3. The standard InChI is InChI=1S/C14H22FN3O/c1-4-16-14(17-5-2)18-9-8-11-6-7-13(19-3)12(15)10-11/h6-7,10H,4-5,8-9H2,1-3H3,(H2,16,17,18). The molecular formula is C14H22FN3O. The molecule has 0 saturated carbocycles. The Labute approximate surface area is 114 Å². The summed E-state index contributed by atoms with van der Waals surface area (Å²) in [6.45, 7) is 6.30. The van der Waals surface area contributed by atoms with Crippen LogP contribution in [0.25, 0.3) is 0 Å². The molecule has 0 aliphatic rings. The zero-order valence-electron chi connectivity index (χ0n) is 11.8. The number of aliphatic imine (C=N–C) groups is 1. The van der Waals surface area contributed by atoms with Crippen molar-refractivity contribution in [3.63, 3.8) is 0 Å². The van der Waals surface area contributed by atoms with E-state index >= 15 is 0 Å². The Hall–Kier alpha value is -1.78. The fourth-order valence-electron chi connectivity index (χ4n) is 1.67. The molecule has 1 rings (SSSR count). The highest BCUT2D eigenvalue weighted by Gasteiger charge is 2.03. The van der Waals surface area contributed by atoms with Crippen molar-refractivity contribution in [2.45, 2.75) is 20.3 Å². The van der Waals surface area contributed by atoms with Gasteiger partial charge in [0, 0.05) is 19.6 Å². The van der Waals surface area contributed by atoms with Gasteiger partial charge in [0.1, 0.15) is 0 Å². The van der Waals surface area contributed by atoms with Gasteiger partial charge < -0.3 is 15.4 Å². The van der Waals surface area contributed by atoms with Gasteiger partial charge >= 0.3 is 0 Å². The van der Waals surface area contributed by atoms with Crippen LogP contribution in [0.2, 0.25) is 0 Å². The van der Waals surface area contributed by atoms with Gasteiger partial charge in [-0.2, -0.15) is 0 Å². The van der Waals surface area contributed by atoms with E-state index in [1.165, 1.54) is 13.2 Å². The molecule has 4 nitrogen and oxygen atoms in total. The van der Waals surface area contributed by atoms with Gasteiger partial charge in [-0.15, -0.1) is 0 Å². The van der Waals surface area contributed by atoms with Crippen molar-refractivity contribution >= 4 is 5.96 Å². The smallest absolute Gasteiger partial charge is 0.191 e. The average molecular weight is 267 g/mol. The van der Waals surface area contributed by atoms with Gasteiger partial charge in [0.15, 0.2) is 17.5 Å². The fraction of sp³-hybridized carbons (Fsp3) is 0.500. The Morgan fingerprint density at radius 1 is 1.26 bits per heavy atom. The van der Waals surface area contributed by atoms with Crippen LogP contribution in [-0.4, -0.2) is 32.7 Å². The predicted octanol–water partition coefficient (Wildman–Crippen LogP) is 1.95. The molecule has 0 atom stereocenters. The average Bonchev–Trinajstić information content (AvgIpc) is 2.39. The molecule has 5 heteroatoms. The van der Waals surface area contributed by atoms with Crippen LogP contribution in [0, 0.1) is 5.82 Å². The second kappa shape index (κ2) is 8.34. The van der Waals surface area contributed by atoms with Gasteiger partial charge in [0.25, 0.3) is 0 Å². The third kappa shape index (κ3) is 5.16. The van der Waals surface area contributed by atoms with Crippen molar-refractivity contribution in [1.82, 2.24) is 10.6 Å². The quantitative estimate of drug-likeness (QED) is 0.612. The minimum absolute atomic E-state index is 0.272. The third-order valence-corrected chi connectivity index (χ3v) is 2.58. The summed E-state index contributed by atoms with van der Waals surface area (Å²) in [5.41, 5.74) is 0.911. The predicted molar refractivity (Wildman–Crippen MR) is 76.3 cm³/mol. The van der Waals surface area contributed by atoms with E-state index < -0.39 is 0 Å². The highest BCUT2D eigenvalue weighted by molar-refractivity contribution is 5.79. The summed E-state index contributed by atoms with van der Waals surface area (Å²) < 4.78 is 18.4. The summed E-state index contributed by atoms with van der Waals surface area (Å²) >= 11 is 0. The van der Waals surface area contributed by atoms with Crippen LogP contribution in [-0.2, 0) is 6.42 Å². The van der Waals surface area contributed by atoms with Crippen LogP contribution >= 0.6 is 0 Å². The van der Waals surface area contributed by atoms with Crippen molar-refractivity contribution in [2.24, 2.45) is 4.99 Å². The number of ether oxygens (including phenoxy) is 1. The van der Waals surface area contributed by atoms with Crippen molar-refractivity contribution in [2.75, 3.05) is 26.7 Å². The number of nitrogens with zero attached hydrogens (tertiary/aromatic N) is 1. The van der Waals surface area contributed by atoms with Crippen molar-refractivity contribution < 1.29 is 9.13 Å².